The largest absolute Gasteiger partial charge is 2.00 e. The molecule has 11 heterocycles. The van der Waals surface area contributed by atoms with Gasteiger partial charge in [0.05, 0.1) is 58.9 Å². The van der Waals surface area contributed by atoms with Gasteiger partial charge in [0, 0.05) is 47.8 Å². The molecular weight excluding hydrogens is 1220 g/mol. The molecule has 3 N–H and O–H groups in total. The van der Waals surface area contributed by atoms with Gasteiger partial charge in [0.1, 0.15) is 0 Å². The van der Waals surface area contributed by atoms with E-state index in [9.17, 15) is 34.5 Å². The summed E-state index contributed by atoms with van der Waals surface area (Å²) >= 11 is 0. The van der Waals surface area contributed by atoms with Crippen LogP contribution in [0, 0.1) is 13.8 Å². The zero-order chi connectivity index (χ0) is 63.7. The van der Waals surface area contributed by atoms with Crippen LogP contribution < -0.4 is 20.7 Å². The van der Waals surface area contributed by atoms with Crippen LogP contribution in [0.25, 0.3) is 68.7 Å². The SMILES string of the molecule is CC1=C(CCC(=O)O)c2cc3[n-]c(cc4nc(cc5[n-]c(cc1n2)c(CCC(=O)O)c5C)C(CCC(=O)O)=C4C)c(CCOC=O)c3C.CCC1=C(CC)C2=NC1=Cc1c(CC)c(CC)c3n1Cn1c(c(CC)c(CC)c1=CC1=NC(=C3)C(CC)=C1CC)=C2.[Pd+2]. The number of carboxylic acids is 3. The van der Waals surface area contributed by atoms with E-state index in [2.05, 4.69) is 88.8 Å². The number of nitrogens with zero attached hydrogens (tertiary/aromatic N) is 8. The summed E-state index contributed by atoms with van der Waals surface area (Å²) in [5.41, 5.74) is 29.7. The minimum Gasteiger partial charge on any atom is -0.657 e. The number of aryl methyl sites for hydroxylation is 3. The van der Waals surface area contributed by atoms with E-state index < -0.39 is 17.9 Å². The average molecular weight is 1310 g/mol. The first kappa shape index (κ1) is 66.2. The van der Waals surface area contributed by atoms with Crippen molar-refractivity contribution < 1.29 is 59.7 Å². The number of carboxylic acid groups (broad SMARTS) is 3. The Morgan fingerprint density at radius 3 is 1.24 bits per heavy atom. The number of aliphatic imine (C=N–C) groups is 2. The van der Waals surface area contributed by atoms with Crippen molar-refractivity contribution in [2.45, 2.75) is 186 Å². The van der Waals surface area contributed by atoms with Crippen LogP contribution in [-0.4, -0.2) is 76.8 Å². The number of allylic oxidation sites excluding steroid dienone is 8. The molecule has 0 fully saturated rings. The first-order valence-electron chi connectivity index (χ1n) is 31.8. The molecule has 0 amide bonds. The molecular formula is C73H82N8O8Pd. The van der Waals surface area contributed by atoms with Crippen molar-refractivity contribution >= 4 is 104 Å². The summed E-state index contributed by atoms with van der Waals surface area (Å²) in [6.07, 6.45) is 18.5. The summed E-state index contributed by atoms with van der Waals surface area (Å²) in [5.74, 6) is -2.82. The maximum Gasteiger partial charge on any atom is 2.00 e. The fraction of sp³-hybridized carbons (Fsp3) is 0.397. The smallest absolute Gasteiger partial charge is 0.657 e. The third-order valence-corrected chi connectivity index (χ3v) is 18.7. The van der Waals surface area contributed by atoms with Crippen LogP contribution in [-0.2, 0) is 89.5 Å². The van der Waals surface area contributed by atoms with E-state index in [1.54, 1.807) is 12.1 Å². The average Bonchev–Trinajstić information content (AvgIpc) is 1.59. The van der Waals surface area contributed by atoms with Crippen molar-refractivity contribution in [2.75, 3.05) is 6.61 Å². The topological polar surface area (TPSA) is 227 Å². The van der Waals surface area contributed by atoms with E-state index in [1.165, 1.54) is 66.6 Å². The van der Waals surface area contributed by atoms with Crippen molar-refractivity contribution in [3.8, 4) is 0 Å². The van der Waals surface area contributed by atoms with Gasteiger partial charge in [-0.3, -0.25) is 19.2 Å². The molecule has 0 aliphatic carbocycles. The quantitative estimate of drug-likeness (QED) is 0.0354. The molecule has 11 rings (SSSR count). The molecule has 472 valence electrons. The van der Waals surface area contributed by atoms with Gasteiger partial charge in [0.2, 0.25) is 0 Å². The summed E-state index contributed by atoms with van der Waals surface area (Å²) in [6.45, 7) is 27.3. The zero-order valence-corrected chi connectivity index (χ0v) is 55.5. The minimum atomic E-state index is -0.945. The van der Waals surface area contributed by atoms with E-state index in [4.69, 9.17) is 34.7 Å². The molecule has 0 radical (unpaired) electrons. The molecule has 16 nitrogen and oxygen atoms in total. The predicted molar refractivity (Wildman–Crippen MR) is 355 cm³/mol. The Kier molecular flexibility index (Phi) is 20.5. The number of ether oxygens (including phenoxy) is 1. The molecule has 5 aromatic rings. The second kappa shape index (κ2) is 27.9. The molecule has 0 saturated carbocycles. The summed E-state index contributed by atoms with van der Waals surface area (Å²) in [7, 11) is 0. The van der Waals surface area contributed by atoms with Crippen LogP contribution in [0.15, 0.2) is 67.9 Å². The molecule has 0 aromatic carbocycles. The van der Waals surface area contributed by atoms with Crippen molar-refractivity contribution in [1.29, 1.82) is 0 Å². The molecule has 17 heteroatoms. The van der Waals surface area contributed by atoms with E-state index in [1.807, 2.05) is 39.8 Å². The number of fused-ring (bicyclic) bond motifs is 10. The standard InChI is InChI=1S/C37H46N4.C36H38N4O8.Pd/c1-9-22-23(10-2)31-18-35-28(15-7)29(16-8)37-20-33-25(12-4)24(11-3)32(39-33)19-36-27(14-6)26(13-5)34(17-30(22)38-31)40(36)21-41(35)37;1-18-22(5-8-34(42)43)30-13-27-19(2)23(6-9-35(44)45)32(38-27)15-29-21(4)25(11-12-48-17-41)33(40-29)16-28-20(3)24(7-10-36(46)47)31(39-28)14-26(18)37-30;/h17-20H,9-16,21H2,1-8H3;13-17H,5-12H2,1-4H3,(H5,37,38,39,40,42,43,44,45,46,47);/q;;+2/p-2. The second-order valence-corrected chi connectivity index (χ2v) is 23.5. The van der Waals surface area contributed by atoms with Gasteiger partial charge in [-0.2, -0.15) is 0 Å². The number of rotatable bonds is 21. The summed E-state index contributed by atoms with van der Waals surface area (Å²) in [4.78, 5) is 76.1. The molecule has 6 aliphatic heterocycles. The number of carbonyl (C=O) groups is 4. The molecule has 5 aromatic heterocycles. The maximum atomic E-state index is 11.6. The van der Waals surface area contributed by atoms with Gasteiger partial charge < -0.3 is 39.2 Å². The second-order valence-electron chi connectivity index (χ2n) is 23.5. The fourth-order valence-electron chi connectivity index (χ4n) is 14.2. The fourth-order valence-corrected chi connectivity index (χ4v) is 14.2. The monoisotopic (exact) mass is 1300 g/mol. The van der Waals surface area contributed by atoms with Gasteiger partial charge in [0.15, 0.2) is 0 Å². The Labute approximate surface area is 540 Å². The number of hydrogen-bond donors (Lipinski definition) is 3. The minimum absolute atomic E-state index is 0. The Balaban J connectivity index is 0.000000213. The number of carbonyl (C=O) groups excluding carboxylic acids is 1. The first-order valence-corrected chi connectivity index (χ1v) is 31.8. The van der Waals surface area contributed by atoms with Crippen LogP contribution in [0.3, 0.4) is 0 Å². The normalized spacial score (nSPS) is 14.7. The molecule has 0 spiro atoms. The van der Waals surface area contributed by atoms with Crippen molar-refractivity contribution in [3.63, 3.8) is 0 Å². The molecule has 14 bridgehead atoms. The van der Waals surface area contributed by atoms with E-state index in [0.29, 0.717) is 57.7 Å². The van der Waals surface area contributed by atoms with Crippen molar-refractivity contribution in [1.82, 2.24) is 29.1 Å². The first-order chi connectivity index (χ1) is 42.8. The van der Waals surface area contributed by atoms with Gasteiger partial charge >= 0.3 is 38.3 Å². The Morgan fingerprint density at radius 1 is 0.478 bits per heavy atom. The van der Waals surface area contributed by atoms with Crippen LogP contribution in [0.1, 0.15) is 206 Å². The van der Waals surface area contributed by atoms with Crippen LogP contribution in [0.4, 0.5) is 0 Å². The van der Waals surface area contributed by atoms with Gasteiger partial charge in [-0.25, -0.2) is 20.0 Å². The summed E-state index contributed by atoms with van der Waals surface area (Å²) in [5, 5.41) is 31.1. The van der Waals surface area contributed by atoms with Gasteiger partial charge in [-0.1, -0.05) is 102 Å². The van der Waals surface area contributed by atoms with Gasteiger partial charge in [0.25, 0.3) is 6.47 Å². The molecule has 6 aliphatic rings. The van der Waals surface area contributed by atoms with Gasteiger partial charge in [-0.05, 0) is 189 Å². The van der Waals surface area contributed by atoms with Crippen LogP contribution in [0.5, 0.6) is 0 Å². The molecule has 90 heavy (non-hydrogen) atoms. The Bertz CT molecular complexity index is 4280. The van der Waals surface area contributed by atoms with Crippen LogP contribution in [0.2, 0.25) is 0 Å². The van der Waals surface area contributed by atoms with E-state index in [-0.39, 0.29) is 65.6 Å². The summed E-state index contributed by atoms with van der Waals surface area (Å²) in [6, 6.07) is 7.28. The van der Waals surface area contributed by atoms with Gasteiger partial charge in [-0.15, -0.1) is 22.1 Å². The number of aromatic nitrogens is 6. The van der Waals surface area contributed by atoms with Crippen molar-refractivity contribution in [2.24, 2.45) is 9.98 Å². The predicted octanol–water partition coefficient (Wildman–Crippen LogP) is 13.0. The van der Waals surface area contributed by atoms with Crippen LogP contribution >= 0.6 is 0 Å². The molecule has 0 unspecified atom stereocenters. The Morgan fingerprint density at radius 2 is 0.867 bits per heavy atom. The Hall–Kier alpha value is -8.26. The summed E-state index contributed by atoms with van der Waals surface area (Å²) < 4.78 is 10.2. The molecule has 0 atom stereocenters. The third-order valence-electron chi connectivity index (χ3n) is 18.7. The third kappa shape index (κ3) is 12.4. The van der Waals surface area contributed by atoms with E-state index >= 15 is 0 Å². The number of hydrogen-bond acceptors (Lipinski definition) is 9. The molecule has 0 saturated heterocycles. The van der Waals surface area contributed by atoms with Crippen molar-refractivity contribution in [3.05, 3.63) is 147 Å². The number of aliphatic carboxylic acids is 3. The maximum absolute atomic E-state index is 11.6. The zero-order valence-electron chi connectivity index (χ0n) is 54.0. The van der Waals surface area contributed by atoms with E-state index in [0.717, 1.165) is 125 Å².